The molecule has 0 aliphatic carbocycles. The topological polar surface area (TPSA) is 101 Å². The lowest BCUT2D eigenvalue weighted by atomic mass is 10.0. The van der Waals surface area contributed by atoms with Crippen molar-refractivity contribution >= 4 is 34.4 Å². The van der Waals surface area contributed by atoms with Crippen LogP contribution in [-0.2, 0) is 20.7 Å². The molecule has 0 radical (unpaired) electrons. The molecule has 9 heteroatoms. The summed E-state index contributed by atoms with van der Waals surface area (Å²) in [5.41, 5.74) is 1.41. The quantitative estimate of drug-likeness (QED) is 0.644. The molecule has 1 aromatic heterocycles. The number of thiazole rings is 1. The molecule has 0 saturated carbocycles. The van der Waals surface area contributed by atoms with Gasteiger partial charge in [-0.3, -0.25) is 14.5 Å². The van der Waals surface area contributed by atoms with E-state index in [9.17, 15) is 14.4 Å². The first-order valence-corrected chi connectivity index (χ1v) is 10.3. The summed E-state index contributed by atoms with van der Waals surface area (Å²) in [7, 11) is 0. The van der Waals surface area contributed by atoms with Crippen LogP contribution in [0, 0.1) is 0 Å². The number of nitrogens with one attached hydrogen (secondary N) is 2. The van der Waals surface area contributed by atoms with Gasteiger partial charge in [-0.2, -0.15) is 0 Å². The molecule has 2 heterocycles. The Labute approximate surface area is 173 Å². The van der Waals surface area contributed by atoms with Crippen LogP contribution in [0.2, 0.25) is 0 Å². The Morgan fingerprint density at radius 1 is 1.31 bits per heavy atom. The largest absolute Gasteiger partial charge is 0.463 e. The SMILES string of the molecule is CC(C)OC(=O)CC(NC(=O)Cc1csc(N2CCNC2=O)n1)c1ccccc1. The maximum Gasteiger partial charge on any atom is 0.323 e. The standard InChI is InChI=1S/C20H24N4O4S/c1-13(2)28-18(26)11-16(14-6-4-3-5-7-14)23-17(25)10-15-12-29-20(22-15)24-9-8-21-19(24)27/h3-7,12-13,16H,8-11H2,1-2H3,(H,21,27)(H,23,25). The number of carbonyl (C=O) groups is 3. The second-order valence-electron chi connectivity index (χ2n) is 6.96. The molecular formula is C20H24N4O4S. The molecule has 1 aliphatic heterocycles. The zero-order valence-corrected chi connectivity index (χ0v) is 17.2. The predicted octanol–water partition coefficient (Wildman–Crippen LogP) is 2.41. The number of anilines is 1. The number of urea groups is 1. The lowest BCUT2D eigenvalue weighted by Gasteiger charge is -2.19. The van der Waals surface area contributed by atoms with Gasteiger partial charge in [0.1, 0.15) is 0 Å². The summed E-state index contributed by atoms with van der Waals surface area (Å²) in [5.74, 6) is -0.621. The first kappa shape index (κ1) is 20.8. The van der Waals surface area contributed by atoms with E-state index in [-0.39, 0.29) is 36.9 Å². The van der Waals surface area contributed by atoms with Crippen LogP contribution in [0.4, 0.5) is 9.93 Å². The Hall–Kier alpha value is -2.94. The van der Waals surface area contributed by atoms with E-state index in [1.165, 1.54) is 11.3 Å². The highest BCUT2D eigenvalue weighted by Gasteiger charge is 2.25. The summed E-state index contributed by atoms with van der Waals surface area (Å²) in [6, 6.07) is 8.65. The fraction of sp³-hybridized carbons (Fsp3) is 0.400. The van der Waals surface area contributed by atoms with Gasteiger partial charge in [0.15, 0.2) is 5.13 Å². The molecule has 3 rings (SSSR count). The lowest BCUT2D eigenvalue weighted by Crippen LogP contribution is -2.32. The van der Waals surface area contributed by atoms with Crippen LogP contribution in [-0.4, -0.2) is 42.1 Å². The molecule has 8 nitrogen and oxygen atoms in total. The molecule has 1 unspecified atom stereocenters. The van der Waals surface area contributed by atoms with Crippen LogP contribution < -0.4 is 15.5 Å². The van der Waals surface area contributed by atoms with Crippen molar-refractivity contribution in [3.05, 3.63) is 47.0 Å². The molecule has 2 N–H and O–H groups in total. The zero-order valence-electron chi connectivity index (χ0n) is 16.4. The molecule has 0 bridgehead atoms. The van der Waals surface area contributed by atoms with Gasteiger partial charge in [-0.25, -0.2) is 9.78 Å². The first-order valence-electron chi connectivity index (χ1n) is 9.46. The van der Waals surface area contributed by atoms with E-state index in [1.54, 1.807) is 24.1 Å². The molecule has 3 amide bonds. The monoisotopic (exact) mass is 416 g/mol. The number of esters is 1. The number of nitrogens with zero attached hydrogens (tertiary/aromatic N) is 2. The molecule has 29 heavy (non-hydrogen) atoms. The Bertz CT molecular complexity index is 868. The summed E-state index contributed by atoms with van der Waals surface area (Å²) in [4.78, 5) is 42.4. The van der Waals surface area contributed by atoms with Crippen LogP contribution in [0.3, 0.4) is 0 Å². The van der Waals surface area contributed by atoms with Crippen molar-refractivity contribution in [2.24, 2.45) is 0 Å². The molecule has 1 aliphatic rings. The van der Waals surface area contributed by atoms with Crippen molar-refractivity contribution in [2.75, 3.05) is 18.0 Å². The number of hydrogen-bond acceptors (Lipinski definition) is 6. The fourth-order valence-corrected chi connectivity index (χ4v) is 3.83. The Morgan fingerprint density at radius 3 is 2.72 bits per heavy atom. The van der Waals surface area contributed by atoms with Crippen molar-refractivity contribution in [3.63, 3.8) is 0 Å². The third-order valence-electron chi connectivity index (χ3n) is 4.24. The van der Waals surface area contributed by atoms with E-state index < -0.39 is 6.04 Å². The summed E-state index contributed by atoms with van der Waals surface area (Å²) in [5, 5.41) is 7.97. The minimum absolute atomic E-state index is 0.0458. The molecule has 1 fully saturated rings. The normalized spacial score (nSPS) is 14.6. The smallest absolute Gasteiger partial charge is 0.323 e. The number of amides is 3. The summed E-state index contributed by atoms with van der Waals surface area (Å²) < 4.78 is 5.23. The lowest BCUT2D eigenvalue weighted by molar-refractivity contribution is -0.148. The van der Waals surface area contributed by atoms with Gasteiger partial charge in [0, 0.05) is 18.5 Å². The second-order valence-corrected chi connectivity index (χ2v) is 7.79. The van der Waals surface area contributed by atoms with Gasteiger partial charge in [0.25, 0.3) is 0 Å². The number of aromatic nitrogens is 1. The van der Waals surface area contributed by atoms with E-state index in [1.807, 2.05) is 30.3 Å². The highest BCUT2D eigenvalue weighted by Crippen LogP contribution is 2.23. The Morgan fingerprint density at radius 2 is 2.07 bits per heavy atom. The number of carbonyl (C=O) groups excluding carboxylic acids is 3. The van der Waals surface area contributed by atoms with Crippen LogP contribution in [0.25, 0.3) is 0 Å². The van der Waals surface area contributed by atoms with Gasteiger partial charge < -0.3 is 15.4 Å². The van der Waals surface area contributed by atoms with Gasteiger partial charge in [-0.1, -0.05) is 30.3 Å². The van der Waals surface area contributed by atoms with Crippen LogP contribution >= 0.6 is 11.3 Å². The number of rotatable bonds is 8. The molecule has 0 spiro atoms. The molecule has 1 aromatic carbocycles. The molecule has 2 aromatic rings. The average Bonchev–Trinajstić information content (AvgIpc) is 3.29. The van der Waals surface area contributed by atoms with Crippen molar-refractivity contribution in [1.29, 1.82) is 0 Å². The maximum atomic E-state index is 12.6. The van der Waals surface area contributed by atoms with E-state index in [0.717, 1.165) is 5.56 Å². The number of benzene rings is 1. The van der Waals surface area contributed by atoms with E-state index in [0.29, 0.717) is 23.9 Å². The van der Waals surface area contributed by atoms with Gasteiger partial charge >= 0.3 is 12.0 Å². The summed E-state index contributed by atoms with van der Waals surface area (Å²) >= 11 is 1.33. The van der Waals surface area contributed by atoms with Gasteiger partial charge in [-0.05, 0) is 19.4 Å². The predicted molar refractivity (Wildman–Crippen MR) is 110 cm³/mol. The minimum Gasteiger partial charge on any atom is -0.463 e. The maximum absolute atomic E-state index is 12.6. The summed E-state index contributed by atoms with van der Waals surface area (Å²) in [6.45, 7) is 4.72. The van der Waals surface area contributed by atoms with E-state index >= 15 is 0 Å². The highest BCUT2D eigenvalue weighted by molar-refractivity contribution is 7.14. The van der Waals surface area contributed by atoms with Crippen molar-refractivity contribution in [3.8, 4) is 0 Å². The van der Waals surface area contributed by atoms with Crippen molar-refractivity contribution < 1.29 is 19.1 Å². The third-order valence-corrected chi connectivity index (χ3v) is 5.16. The first-order chi connectivity index (χ1) is 13.9. The zero-order chi connectivity index (χ0) is 20.8. The van der Waals surface area contributed by atoms with Crippen LogP contribution in [0.15, 0.2) is 35.7 Å². The van der Waals surface area contributed by atoms with Gasteiger partial charge in [0.2, 0.25) is 5.91 Å². The minimum atomic E-state index is -0.489. The average molecular weight is 417 g/mol. The highest BCUT2D eigenvalue weighted by atomic mass is 32.1. The molecule has 1 atom stereocenters. The van der Waals surface area contributed by atoms with Gasteiger partial charge in [0.05, 0.1) is 30.7 Å². The molecule has 154 valence electrons. The van der Waals surface area contributed by atoms with Crippen LogP contribution in [0.5, 0.6) is 0 Å². The number of hydrogen-bond donors (Lipinski definition) is 2. The number of ether oxygens (including phenoxy) is 1. The molecular weight excluding hydrogens is 392 g/mol. The fourth-order valence-electron chi connectivity index (χ4n) is 2.98. The van der Waals surface area contributed by atoms with Gasteiger partial charge in [-0.15, -0.1) is 11.3 Å². The Kier molecular flexibility index (Phi) is 6.82. The van der Waals surface area contributed by atoms with Crippen molar-refractivity contribution in [2.45, 2.75) is 38.8 Å². The summed E-state index contributed by atoms with van der Waals surface area (Å²) in [6.07, 6.45) is -0.107. The molecule has 1 saturated heterocycles. The van der Waals surface area contributed by atoms with E-state index in [4.69, 9.17) is 4.74 Å². The van der Waals surface area contributed by atoms with Crippen molar-refractivity contribution in [1.82, 2.24) is 15.6 Å². The second kappa shape index (κ2) is 9.51. The third kappa shape index (κ3) is 5.77. The van der Waals surface area contributed by atoms with E-state index in [2.05, 4.69) is 15.6 Å². The Balaban J connectivity index is 1.64. The van der Waals surface area contributed by atoms with Crippen LogP contribution in [0.1, 0.15) is 37.6 Å².